The molecule has 10 N–H and O–H groups in total. The van der Waals surface area contributed by atoms with Crippen LogP contribution in [0.4, 0.5) is 0 Å². The minimum absolute atomic E-state index is 0.108. The molecule has 50 heavy (non-hydrogen) atoms. The third-order valence-corrected chi connectivity index (χ3v) is 10.9. The number of hydrogen-bond acceptors (Lipinski definition) is 11. The summed E-state index contributed by atoms with van der Waals surface area (Å²) in [7, 11) is 0. The minimum atomic E-state index is -2.62. The van der Waals surface area contributed by atoms with E-state index in [0.29, 0.717) is 69.3 Å². The van der Waals surface area contributed by atoms with Crippen LogP contribution in [-0.2, 0) is 36.8 Å². The molecular formula is C37H56N8O5. The predicted octanol–water partition coefficient (Wildman–Crippen LogP) is 2.00. The minimum Gasteiger partial charge on any atom is -0.348 e. The first-order chi connectivity index (χ1) is 24.1. The van der Waals surface area contributed by atoms with Crippen LogP contribution in [0.15, 0.2) is 36.9 Å². The third kappa shape index (κ3) is 8.98. The number of nitrogens with one attached hydrogen (secondary N) is 2. The molecule has 1 amide bonds. The van der Waals surface area contributed by atoms with E-state index < -0.39 is 58.3 Å². The van der Waals surface area contributed by atoms with Gasteiger partial charge in [0.2, 0.25) is 5.91 Å². The molecule has 5 atom stereocenters. The first-order valence-corrected chi connectivity index (χ1v) is 18.3. The van der Waals surface area contributed by atoms with Gasteiger partial charge in [0.05, 0.1) is 24.5 Å². The average Bonchev–Trinajstić information content (AvgIpc) is 3.65. The van der Waals surface area contributed by atoms with Crippen LogP contribution < -0.4 is 28.3 Å². The number of aromatic amines is 1. The second kappa shape index (κ2) is 18.5. The maximum Gasteiger partial charge on any atom is 0.237 e. The fourth-order valence-electron chi connectivity index (χ4n) is 8.24. The van der Waals surface area contributed by atoms with Crippen LogP contribution >= 0.6 is 0 Å². The number of imidazole rings is 1. The predicted molar refractivity (Wildman–Crippen MR) is 189 cm³/mol. The van der Waals surface area contributed by atoms with E-state index >= 15 is 9.59 Å². The van der Waals surface area contributed by atoms with Crippen molar-refractivity contribution in [3.8, 4) is 0 Å². The molecule has 2 aliphatic carbocycles. The van der Waals surface area contributed by atoms with Gasteiger partial charge in [-0.05, 0) is 62.6 Å². The third-order valence-electron chi connectivity index (χ3n) is 10.9. The number of aromatic nitrogens is 3. The van der Waals surface area contributed by atoms with Gasteiger partial charge >= 0.3 is 0 Å². The van der Waals surface area contributed by atoms with E-state index in [1.165, 1.54) is 18.7 Å². The quantitative estimate of drug-likeness (QED) is 0.0666. The van der Waals surface area contributed by atoms with Crippen molar-refractivity contribution < 1.29 is 24.0 Å². The van der Waals surface area contributed by atoms with Crippen LogP contribution in [0.1, 0.15) is 101 Å². The number of nitrogens with two attached hydrogens (primary N) is 4. The smallest absolute Gasteiger partial charge is 0.237 e. The number of Topliss-reactive ketones (excluding diaryl/α,β-unsaturated/α-hetero) is 3. The lowest BCUT2D eigenvalue weighted by Gasteiger charge is -2.50. The van der Waals surface area contributed by atoms with Gasteiger partial charge < -0.3 is 38.0 Å². The summed E-state index contributed by atoms with van der Waals surface area (Å²) in [5, 5.41) is 2.80. The summed E-state index contributed by atoms with van der Waals surface area (Å²) in [5.41, 5.74) is 21.5. The molecule has 13 heteroatoms. The van der Waals surface area contributed by atoms with Crippen molar-refractivity contribution in [1.29, 1.82) is 0 Å². The molecule has 1 unspecified atom stereocenters. The Labute approximate surface area is 294 Å². The Morgan fingerprint density at radius 2 is 1.66 bits per heavy atom. The van der Waals surface area contributed by atoms with Gasteiger partial charge in [-0.2, -0.15) is 0 Å². The van der Waals surface area contributed by atoms with Crippen molar-refractivity contribution >= 4 is 29.5 Å². The maximum absolute atomic E-state index is 15.6. The molecule has 0 aromatic carbocycles. The SMILES string of the molecule is NCCCC[C@H](N)C(=O)N[C@@H](Cc1cnc[nH]1)C(=O)C(C(=O)Cc1ccccn1)(C1CCCCC1)[C@](N)(C=O)C(=O)[C@@H](N)CC1CCCCC1. The second-order valence-electron chi connectivity index (χ2n) is 14.4. The Bertz CT molecular complexity index is 1410. The lowest BCUT2D eigenvalue weighted by molar-refractivity contribution is -0.162. The molecule has 2 fully saturated rings. The lowest BCUT2D eigenvalue weighted by Crippen LogP contribution is -2.76. The molecule has 13 nitrogen and oxygen atoms in total. The molecule has 0 aliphatic heterocycles. The summed E-state index contributed by atoms with van der Waals surface area (Å²) in [6, 6.07) is 1.53. The largest absolute Gasteiger partial charge is 0.348 e. The summed E-state index contributed by atoms with van der Waals surface area (Å²) < 4.78 is 0. The second-order valence-corrected chi connectivity index (χ2v) is 14.4. The van der Waals surface area contributed by atoms with Gasteiger partial charge in [-0.3, -0.25) is 24.2 Å². The summed E-state index contributed by atoms with van der Waals surface area (Å²) in [5.74, 6) is -3.57. The van der Waals surface area contributed by atoms with Crippen LogP contribution in [0.2, 0.25) is 0 Å². The van der Waals surface area contributed by atoms with Crippen molar-refractivity contribution in [1.82, 2.24) is 20.3 Å². The lowest BCUT2D eigenvalue weighted by atomic mass is 9.51. The van der Waals surface area contributed by atoms with Crippen molar-refractivity contribution in [3.05, 3.63) is 48.3 Å². The molecule has 4 rings (SSSR count). The Balaban J connectivity index is 1.87. The number of carbonyl (C=O) groups excluding carboxylic acids is 5. The highest BCUT2D eigenvalue weighted by molar-refractivity contribution is 6.22. The van der Waals surface area contributed by atoms with Crippen LogP contribution in [0.5, 0.6) is 0 Å². The average molecular weight is 693 g/mol. The number of aldehydes is 1. The summed E-state index contributed by atoms with van der Waals surface area (Å²) in [4.78, 5) is 84.0. The molecule has 0 saturated heterocycles. The standard InChI is InChI=1S/C37H56N8O5/c38-17-9-7-16-29(39)35(50)45-31(20-28-22-42-24-44-28)34(49)37(26-13-5-2-6-14-26,32(47)21-27-15-8-10-18-43-27)36(41,23-46)33(48)30(40)19-25-11-3-1-4-12-25/h8,10,15,18,22-26,29-31H,1-7,9,11-14,16-17,19-21,38-41H2,(H,42,44)(H,45,50)/t29-,30-,31-,36-,37?/m0/s1. The van der Waals surface area contributed by atoms with Crippen LogP contribution in [-0.4, -0.2) is 74.7 Å². The zero-order valence-corrected chi connectivity index (χ0v) is 29.2. The number of hydrogen-bond donors (Lipinski definition) is 6. The Morgan fingerprint density at radius 1 is 0.960 bits per heavy atom. The number of unbranched alkanes of at least 4 members (excludes halogenated alkanes) is 1. The first-order valence-electron chi connectivity index (χ1n) is 18.3. The topological polar surface area (TPSA) is 243 Å². The number of amides is 1. The Morgan fingerprint density at radius 3 is 2.26 bits per heavy atom. The van der Waals surface area contributed by atoms with Gasteiger partial charge in [0.15, 0.2) is 22.9 Å². The van der Waals surface area contributed by atoms with E-state index in [1.807, 2.05) is 0 Å². The zero-order valence-electron chi connectivity index (χ0n) is 29.2. The summed E-state index contributed by atoms with van der Waals surface area (Å²) in [6.45, 7) is 0.443. The molecule has 2 saturated carbocycles. The van der Waals surface area contributed by atoms with E-state index in [0.717, 1.165) is 38.5 Å². The summed E-state index contributed by atoms with van der Waals surface area (Å²) in [6.07, 6.45) is 14.0. The number of ketones is 3. The normalized spacial score (nSPS) is 20.1. The molecule has 0 radical (unpaired) electrons. The zero-order chi connectivity index (χ0) is 36.1. The molecule has 0 bridgehead atoms. The van der Waals surface area contributed by atoms with Gasteiger partial charge in [-0.25, -0.2) is 4.98 Å². The van der Waals surface area contributed by atoms with Crippen molar-refractivity contribution in [2.24, 2.45) is 40.2 Å². The highest BCUT2D eigenvalue weighted by Crippen LogP contribution is 2.48. The van der Waals surface area contributed by atoms with E-state index in [-0.39, 0.29) is 25.0 Å². The monoisotopic (exact) mass is 692 g/mol. The van der Waals surface area contributed by atoms with Crippen LogP contribution in [0.3, 0.4) is 0 Å². The fraction of sp³-hybridized carbons (Fsp3) is 0.649. The van der Waals surface area contributed by atoms with Crippen molar-refractivity contribution in [2.75, 3.05) is 6.54 Å². The Hall–Kier alpha value is -3.65. The molecule has 2 aliphatic rings. The number of rotatable bonds is 20. The van der Waals surface area contributed by atoms with Crippen molar-refractivity contribution in [2.45, 2.75) is 126 Å². The number of pyridine rings is 1. The number of H-pyrrole nitrogens is 1. The van der Waals surface area contributed by atoms with Gasteiger partial charge in [0, 0.05) is 36.6 Å². The van der Waals surface area contributed by atoms with E-state index in [4.69, 9.17) is 22.9 Å². The Kier molecular flexibility index (Phi) is 14.5. The van der Waals surface area contributed by atoms with E-state index in [1.54, 1.807) is 18.2 Å². The first kappa shape index (κ1) is 39.1. The number of nitrogens with zero attached hydrogens (tertiary/aromatic N) is 2. The van der Waals surface area contributed by atoms with Gasteiger partial charge in [0.25, 0.3) is 0 Å². The van der Waals surface area contributed by atoms with Gasteiger partial charge in [-0.1, -0.05) is 63.9 Å². The molecule has 274 valence electrons. The van der Waals surface area contributed by atoms with Gasteiger partial charge in [0.1, 0.15) is 11.7 Å². The highest BCUT2D eigenvalue weighted by atomic mass is 16.2. The number of carbonyl (C=O) groups is 5. The van der Waals surface area contributed by atoms with Gasteiger partial charge in [-0.15, -0.1) is 0 Å². The highest BCUT2D eigenvalue weighted by Gasteiger charge is 2.67. The van der Waals surface area contributed by atoms with Crippen LogP contribution in [0.25, 0.3) is 0 Å². The van der Waals surface area contributed by atoms with Crippen LogP contribution in [0, 0.1) is 17.3 Å². The molecular weight excluding hydrogens is 636 g/mol. The maximum atomic E-state index is 15.6. The molecule has 0 spiro atoms. The molecule has 2 aromatic rings. The fourth-order valence-corrected chi connectivity index (χ4v) is 8.24. The molecule has 2 aromatic heterocycles. The van der Waals surface area contributed by atoms with E-state index in [2.05, 4.69) is 20.3 Å². The summed E-state index contributed by atoms with van der Waals surface area (Å²) >= 11 is 0. The van der Waals surface area contributed by atoms with Crippen molar-refractivity contribution in [3.63, 3.8) is 0 Å². The molecule has 2 heterocycles. The van der Waals surface area contributed by atoms with E-state index in [9.17, 15) is 14.4 Å².